The number of nitrogens with one attached hydrogen (secondary N) is 2. The van der Waals surface area contributed by atoms with Gasteiger partial charge < -0.3 is 16.4 Å². The van der Waals surface area contributed by atoms with E-state index in [1.807, 2.05) is 0 Å². The van der Waals surface area contributed by atoms with Gasteiger partial charge in [-0.15, -0.1) is 0 Å². The highest BCUT2D eigenvalue weighted by molar-refractivity contribution is 5.57. The lowest BCUT2D eigenvalue weighted by atomic mass is 9.82. The molecule has 0 unspecified atom stereocenters. The number of benzene rings is 1. The highest BCUT2D eigenvalue weighted by atomic mass is 19.4. The third-order valence-electron chi connectivity index (χ3n) is 5.64. The van der Waals surface area contributed by atoms with Crippen LogP contribution in [0.2, 0.25) is 0 Å². The summed E-state index contributed by atoms with van der Waals surface area (Å²) in [5, 5.41) is 17.0. The zero-order valence-corrected chi connectivity index (χ0v) is 17.2. The van der Waals surface area contributed by atoms with Gasteiger partial charge in [0.2, 0.25) is 11.8 Å². The van der Waals surface area contributed by atoms with E-state index in [2.05, 4.69) is 20.6 Å². The number of hydrogen-bond acceptors (Lipinski definition) is 7. The number of nitro groups is 1. The second-order valence-electron chi connectivity index (χ2n) is 7.85. The van der Waals surface area contributed by atoms with Gasteiger partial charge >= 0.3 is 11.9 Å². The third kappa shape index (κ3) is 6.02. The average Bonchev–Trinajstić information content (AvgIpc) is 2.76. The smallest absolute Gasteiger partial charge is 0.364 e. The second-order valence-corrected chi connectivity index (χ2v) is 7.85. The molecule has 1 aliphatic rings. The first kappa shape index (κ1) is 23.6. The van der Waals surface area contributed by atoms with Gasteiger partial charge in [-0.3, -0.25) is 10.1 Å². The predicted octanol–water partition coefficient (Wildman–Crippen LogP) is 4.33. The van der Waals surface area contributed by atoms with Crippen molar-refractivity contribution in [3.8, 4) is 0 Å². The summed E-state index contributed by atoms with van der Waals surface area (Å²) in [7, 11) is 0. The van der Waals surface area contributed by atoms with Crippen molar-refractivity contribution in [3.05, 3.63) is 51.5 Å². The van der Waals surface area contributed by atoms with Gasteiger partial charge in [0.15, 0.2) is 0 Å². The second kappa shape index (κ2) is 10.1. The molecule has 1 fully saturated rings. The number of aromatic nitrogens is 2. The fourth-order valence-corrected chi connectivity index (χ4v) is 3.68. The van der Waals surface area contributed by atoms with Crippen LogP contribution in [-0.4, -0.2) is 28.0 Å². The van der Waals surface area contributed by atoms with E-state index in [9.17, 15) is 27.7 Å². The van der Waals surface area contributed by atoms with Gasteiger partial charge in [0.05, 0.1) is 10.5 Å². The number of nitrogens with two attached hydrogens (primary N) is 1. The van der Waals surface area contributed by atoms with Crippen LogP contribution < -0.4 is 16.4 Å². The Morgan fingerprint density at radius 3 is 2.44 bits per heavy atom. The Kier molecular flexibility index (Phi) is 7.44. The van der Waals surface area contributed by atoms with Crippen LogP contribution >= 0.6 is 0 Å². The predicted molar refractivity (Wildman–Crippen MR) is 110 cm³/mol. The van der Waals surface area contributed by atoms with Crippen molar-refractivity contribution in [3.63, 3.8) is 0 Å². The van der Waals surface area contributed by atoms with Crippen LogP contribution in [0.25, 0.3) is 0 Å². The first-order valence-corrected chi connectivity index (χ1v) is 10.2. The Balaban J connectivity index is 1.66. The minimum absolute atomic E-state index is 0.00996. The molecule has 2 aromatic rings. The van der Waals surface area contributed by atoms with Crippen molar-refractivity contribution in [2.24, 2.45) is 17.6 Å². The Morgan fingerprint density at radius 2 is 1.84 bits per heavy atom. The largest absolute Gasteiger partial charge is 0.416 e. The third-order valence-corrected chi connectivity index (χ3v) is 5.64. The molecule has 0 bridgehead atoms. The monoisotopic (exact) mass is 456 g/mol. The normalized spacial score (nSPS) is 18.9. The maximum Gasteiger partial charge on any atom is 0.416 e. The molecule has 8 nitrogen and oxygen atoms in total. The zero-order chi connectivity index (χ0) is 23.3. The summed E-state index contributed by atoms with van der Waals surface area (Å²) in [4.78, 5) is 18.7. The number of hydrogen-bond donors (Lipinski definition) is 3. The summed E-state index contributed by atoms with van der Waals surface area (Å²) in [6.07, 6.45) is 0.350. The van der Waals surface area contributed by atoms with Crippen LogP contribution in [0.4, 0.5) is 35.0 Å². The fraction of sp³-hybridized carbons (Fsp3) is 0.500. The highest BCUT2D eigenvalue weighted by Gasteiger charge is 2.31. The van der Waals surface area contributed by atoms with E-state index in [4.69, 9.17) is 5.73 Å². The molecule has 1 aromatic heterocycles. The fourth-order valence-electron chi connectivity index (χ4n) is 3.68. The lowest BCUT2D eigenvalue weighted by Gasteiger charge is -2.27. The standard InChI is InChI=1S/C20H24F4N6O2/c21-16-7-15(20(22,23)24)6-5-14(16)10-27-19-28-11-17(30(31)32)18(29-19)26-9-13-3-1-12(8-25)2-4-13/h5-7,11-13H,1-4,8-10,25H2,(H2,26,27,28,29). The van der Waals surface area contributed by atoms with Crippen molar-refractivity contribution in [2.75, 3.05) is 23.7 Å². The highest BCUT2D eigenvalue weighted by Crippen LogP contribution is 2.31. The SMILES string of the molecule is NCC1CCC(CNc2nc(NCc3ccc(C(F)(F)F)cc3F)ncc2[N+](=O)[O-])CC1. The summed E-state index contributed by atoms with van der Waals surface area (Å²) in [6, 6.07) is 2.22. The van der Waals surface area contributed by atoms with Gasteiger partial charge in [-0.2, -0.15) is 18.2 Å². The first-order chi connectivity index (χ1) is 15.2. The van der Waals surface area contributed by atoms with Gasteiger partial charge in [0.1, 0.15) is 12.0 Å². The van der Waals surface area contributed by atoms with Crippen molar-refractivity contribution < 1.29 is 22.5 Å². The van der Waals surface area contributed by atoms with E-state index in [0.29, 0.717) is 31.0 Å². The van der Waals surface area contributed by atoms with Crippen LogP contribution in [0.15, 0.2) is 24.4 Å². The Hall–Kier alpha value is -3.02. The molecule has 12 heteroatoms. The van der Waals surface area contributed by atoms with Crippen LogP contribution in [0.3, 0.4) is 0 Å². The number of alkyl halides is 3. The summed E-state index contributed by atoms with van der Waals surface area (Å²) in [6.45, 7) is 0.971. The van der Waals surface area contributed by atoms with E-state index in [0.717, 1.165) is 44.0 Å². The summed E-state index contributed by atoms with van der Waals surface area (Å²) in [5.41, 5.74) is 4.29. The average molecular weight is 456 g/mol. The van der Waals surface area contributed by atoms with Crippen molar-refractivity contribution in [2.45, 2.75) is 38.4 Å². The van der Waals surface area contributed by atoms with E-state index < -0.39 is 22.5 Å². The molecule has 1 saturated carbocycles. The molecule has 0 spiro atoms. The van der Waals surface area contributed by atoms with Gasteiger partial charge in [0, 0.05) is 18.7 Å². The van der Waals surface area contributed by atoms with Gasteiger partial charge in [-0.05, 0) is 56.2 Å². The van der Waals surface area contributed by atoms with Gasteiger partial charge in [0.25, 0.3) is 0 Å². The first-order valence-electron chi connectivity index (χ1n) is 10.2. The number of anilines is 2. The van der Waals surface area contributed by atoms with E-state index in [1.165, 1.54) is 0 Å². The number of halogens is 4. The van der Waals surface area contributed by atoms with Crippen molar-refractivity contribution >= 4 is 17.5 Å². The maximum atomic E-state index is 14.0. The van der Waals surface area contributed by atoms with E-state index in [1.54, 1.807) is 0 Å². The molecule has 0 aliphatic heterocycles. The van der Waals surface area contributed by atoms with Crippen molar-refractivity contribution in [1.29, 1.82) is 0 Å². The molecule has 3 rings (SSSR count). The Labute approximate surface area is 181 Å². The van der Waals surface area contributed by atoms with Crippen molar-refractivity contribution in [1.82, 2.24) is 9.97 Å². The molecule has 1 heterocycles. The molecule has 1 aromatic carbocycles. The van der Waals surface area contributed by atoms with Crippen LogP contribution in [0.1, 0.15) is 36.8 Å². The maximum absolute atomic E-state index is 14.0. The topological polar surface area (TPSA) is 119 Å². The van der Waals surface area contributed by atoms with Crippen LogP contribution in [0, 0.1) is 27.8 Å². The number of rotatable bonds is 8. The molecule has 0 saturated heterocycles. The molecule has 4 N–H and O–H groups in total. The molecule has 1 aliphatic carbocycles. The Morgan fingerprint density at radius 1 is 1.16 bits per heavy atom. The molecular weight excluding hydrogens is 432 g/mol. The van der Waals surface area contributed by atoms with Gasteiger partial charge in [-0.1, -0.05) is 6.07 Å². The molecule has 32 heavy (non-hydrogen) atoms. The number of nitrogens with zero attached hydrogens (tertiary/aromatic N) is 3. The molecule has 0 atom stereocenters. The zero-order valence-electron chi connectivity index (χ0n) is 17.2. The van der Waals surface area contributed by atoms with Crippen LogP contribution in [0.5, 0.6) is 0 Å². The molecular formula is C20H24F4N6O2. The van der Waals surface area contributed by atoms with E-state index in [-0.39, 0.29) is 29.6 Å². The summed E-state index contributed by atoms with van der Waals surface area (Å²) >= 11 is 0. The minimum atomic E-state index is -4.64. The summed E-state index contributed by atoms with van der Waals surface area (Å²) < 4.78 is 52.0. The molecule has 0 amide bonds. The minimum Gasteiger partial charge on any atom is -0.364 e. The van der Waals surface area contributed by atoms with E-state index >= 15 is 0 Å². The lowest BCUT2D eigenvalue weighted by Crippen LogP contribution is -2.25. The van der Waals surface area contributed by atoms with Crippen LogP contribution in [-0.2, 0) is 12.7 Å². The summed E-state index contributed by atoms with van der Waals surface area (Å²) in [5.74, 6) is -0.155. The molecule has 174 valence electrons. The lowest BCUT2D eigenvalue weighted by molar-refractivity contribution is -0.384. The Bertz CT molecular complexity index is 948. The molecule has 0 radical (unpaired) electrons. The van der Waals surface area contributed by atoms with Gasteiger partial charge in [-0.25, -0.2) is 9.37 Å². The quantitative estimate of drug-likeness (QED) is 0.307.